The zero-order valence-corrected chi connectivity index (χ0v) is 28.5. The second-order valence-electron chi connectivity index (χ2n) is 12.1. The highest BCUT2D eigenvalue weighted by molar-refractivity contribution is 5.70. The van der Waals surface area contributed by atoms with E-state index in [2.05, 4.69) is 51.4 Å². The van der Waals surface area contributed by atoms with Crippen molar-refractivity contribution in [1.82, 2.24) is 4.90 Å². The molecule has 0 N–H and O–H groups in total. The normalized spacial score (nSPS) is 15.3. The first-order valence-electron chi connectivity index (χ1n) is 16.6. The fraction of sp³-hybridized carbons (Fsp3) is 0.474. The van der Waals surface area contributed by atoms with Gasteiger partial charge in [0.15, 0.2) is 17.4 Å². The molecule has 0 radical (unpaired) electrons. The summed E-state index contributed by atoms with van der Waals surface area (Å²) in [7, 11) is 3.36. The number of benzene rings is 3. The van der Waals surface area contributed by atoms with Crippen molar-refractivity contribution in [2.75, 3.05) is 32.2 Å². The molecule has 2 aliphatic rings. The highest BCUT2D eigenvalue weighted by atomic mass is 19.4. The number of hydrogen-bond donors (Lipinski definition) is 0. The van der Waals surface area contributed by atoms with Crippen LogP contribution in [0.2, 0.25) is 0 Å². The smallest absolute Gasteiger partial charge is 0.493 e. The summed E-state index contributed by atoms with van der Waals surface area (Å²) >= 11 is 0. The van der Waals surface area contributed by atoms with Crippen molar-refractivity contribution in [3.63, 3.8) is 0 Å². The molecule has 256 valence electrons. The van der Waals surface area contributed by atoms with E-state index in [1.165, 1.54) is 24.1 Å². The summed E-state index contributed by atoms with van der Waals surface area (Å²) in [6.45, 7) is 14.2. The summed E-state index contributed by atoms with van der Waals surface area (Å²) < 4.78 is 60.0. The van der Waals surface area contributed by atoms with Gasteiger partial charge in [0.05, 0.1) is 20.3 Å². The van der Waals surface area contributed by atoms with Gasteiger partial charge in [0, 0.05) is 36.9 Å². The number of alkyl halides is 3. The van der Waals surface area contributed by atoms with Crippen LogP contribution in [0, 0.1) is 0 Å². The largest absolute Gasteiger partial charge is 0.573 e. The van der Waals surface area contributed by atoms with Gasteiger partial charge in [-0.1, -0.05) is 38.5 Å². The van der Waals surface area contributed by atoms with Crippen LogP contribution in [0.3, 0.4) is 0 Å². The van der Waals surface area contributed by atoms with Crippen LogP contribution in [0.25, 0.3) is 11.1 Å². The lowest BCUT2D eigenvalue weighted by Crippen LogP contribution is -2.44. The van der Waals surface area contributed by atoms with Crippen LogP contribution < -0.4 is 19.1 Å². The topological polar surface area (TPSA) is 43.4 Å². The molecular formula is C38H49F3N2O4. The van der Waals surface area contributed by atoms with Crippen LogP contribution in [-0.2, 0) is 11.3 Å². The molecule has 3 aromatic carbocycles. The molecule has 5 rings (SSSR count). The molecule has 9 heteroatoms. The number of ether oxygens (including phenoxy) is 4. The number of nitrogens with zero attached hydrogens (tertiary/aromatic N) is 2. The highest BCUT2D eigenvalue weighted by Crippen LogP contribution is 2.46. The van der Waals surface area contributed by atoms with E-state index in [1.54, 1.807) is 26.4 Å². The van der Waals surface area contributed by atoms with E-state index in [4.69, 9.17) is 14.2 Å². The average Bonchev–Trinajstić information content (AvgIpc) is 3.03. The van der Waals surface area contributed by atoms with Crippen molar-refractivity contribution in [1.29, 1.82) is 0 Å². The fourth-order valence-corrected chi connectivity index (χ4v) is 6.27. The molecule has 47 heavy (non-hydrogen) atoms. The van der Waals surface area contributed by atoms with Crippen LogP contribution in [0.15, 0.2) is 73.1 Å². The van der Waals surface area contributed by atoms with Gasteiger partial charge in [0.1, 0.15) is 5.75 Å². The minimum Gasteiger partial charge on any atom is -0.493 e. The maximum absolute atomic E-state index is 12.9. The minimum atomic E-state index is -4.74. The van der Waals surface area contributed by atoms with E-state index in [-0.39, 0.29) is 17.9 Å². The van der Waals surface area contributed by atoms with Crippen molar-refractivity contribution in [2.45, 2.75) is 90.8 Å². The molecule has 0 bridgehead atoms. The number of halogens is 3. The summed E-state index contributed by atoms with van der Waals surface area (Å²) in [5.41, 5.74) is 5.25. The van der Waals surface area contributed by atoms with Gasteiger partial charge < -0.3 is 28.7 Å². The van der Waals surface area contributed by atoms with E-state index < -0.39 is 6.36 Å². The van der Waals surface area contributed by atoms with E-state index in [0.717, 1.165) is 72.6 Å². The average molecular weight is 655 g/mol. The Hall–Kier alpha value is -4.01. The third-order valence-corrected chi connectivity index (χ3v) is 8.70. The van der Waals surface area contributed by atoms with Crippen LogP contribution in [0.4, 0.5) is 18.9 Å². The summed E-state index contributed by atoms with van der Waals surface area (Å²) in [5, 5.41) is 0. The second-order valence-corrected chi connectivity index (χ2v) is 12.1. The lowest BCUT2D eigenvalue weighted by Gasteiger charge is -2.41. The Labute approximate surface area is 278 Å². The van der Waals surface area contributed by atoms with E-state index in [1.807, 2.05) is 33.8 Å². The Bertz CT molecular complexity index is 1450. The SMILES string of the molecule is C=C(OC(C)C)N1CCC(N(Cc2cccc(-c3cc(OC)c(OC)c(C4CCC4)c3)c2)c2ccc(OC(F)(F)F)cc2)CC1.CC. The standard InChI is InChI=1S/C36H43F3N2O4.C2H6/c1-24(2)44-25(3)40-18-16-31(17-19-40)41(30-12-14-32(15-13-30)45-36(37,38)39)23-26-8-6-11-28(20-26)29-21-33(27-9-7-10-27)35(43-5)34(22-29)42-4;1-2/h6,8,11-15,20-22,24,27,31H,3,7,9-10,16-19,23H2,1-2,4-5H3;1-2H3. The van der Waals surface area contributed by atoms with Crippen molar-refractivity contribution < 1.29 is 32.1 Å². The zero-order valence-electron chi connectivity index (χ0n) is 28.5. The summed E-state index contributed by atoms with van der Waals surface area (Å²) in [5.74, 6) is 2.43. The van der Waals surface area contributed by atoms with Crippen molar-refractivity contribution in [3.8, 4) is 28.4 Å². The van der Waals surface area contributed by atoms with Crippen molar-refractivity contribution >= 4 is 5.69 Å². The van der Waals surface area contributed by atoms with Crippen LogP contribution in [0.5, 0.6) is 17.2 Å². The lowest BCUT2D eigenvalue weighted by molar-refractivity contribution is -0.274. The first kappa shape index (κ1) is 35.8. The number of anilines is 1. The molecule has 0 atom stereocenters. The number of piperidine rings is 1. The molecule has 1 aliphatic heterocycles. The molecule has 0 amide bonds. The predicted octanol–water partition coefficient (Wildman–Crippen LogP) is 9.93. The molecule has 3 aromatic rings. The van der Waals surface area contributed by atoms with Crippen molar-refractivity contribution in [3.05, 3.63) is 84.3 Å². The Balaban J connectivity index is 0.00000245. The van der Waals surface area contributed by atoms with Crippen LogP contribution in [-0.4, -0.2) is 50.7 Å². The molecule has 6 nitrogen and oxygen atoms in total. The Morgan fingerprint density at radius 2 is 1.60 bits per heavy atom. The molecule has 0 unspecified atom stereocenters. The number of rotatable bonds is 12. The molecule has 0 aromatic heterocycles. The van der Waals surface area contributed by atoms with E-state index in [9.17, 15) is 13.2 Å². The lowest BCUT2D eigenvalue weighted by atomic mass is 9.78. The number of methoxy groups -OCH3 is 2. The maximum atomic E-state index is 12.9. The molecule has 1 saturated carbocycles. The summed E-state index contributed by atoms with van der Waals surface area (Å²) in [6.07, 6.45) is 0.501. The monoisotopic (exact) mass is 654 g/mol. The quantitative estimate of drug-likeness (QED) is 0.181. The number of hydrogen-bond acceptors (Lipinski definition) is 6. The Morgan fingerprint density at radius 1 is 0.915 bits per heavy atom. The third-order valence-electron chi connectivity index (χ3n) is 8.70. The molecule has 1 heterocycles. The molecule has 0 spiro atoms. The summed E-state index contributed by atoms with van der Waals surface area (Å²) in [6, 6.07) is 19.0. The van der Waals surface area contributed by atoms with E-state index >= 15 is 0 Å². The minimum absolute atomic E-state index is 0.0481. The van der Waals surface area contributed by atoms with Gasteiger partial charge in [0.2, 0.25) is 0 Å². The zero-order chi connectivity index (χ0) is 34.1. The number of likely N-dealkylation sites (tertiary alicyclic amines) is 1. The molecule has 1 aliphatic carbocycles. The second kappa shape index (κ2) is 16.2. The van der Waals surface area contributed by atoms with Crippen LogP contribution in [0.1, 0.15) is 76.8 Å². The van der Waals surface area contributed by atoms with Gasteiger partial charge in [-0.15, -0.1) is 13.2 Å². The molecule has 2 fully saturated rings. The first-order valence-corrected chi connectivity index (χ1v) is 16.6. The Kier molecular flexibility index (Phi) is 12.4. The van der Waals surface area contributed by atoms with Crippen LogP contribution >= 0.6 is 0 Å². The van der Waals surface area contributed by atoms with E-state index in [0.29, 0.717) is 18.3 Å². The Morgan fingerprint density at radius 3 is 2.15 bits per heavy atom. The fourth-order valence-electron chi connectivity index (χ4n) is 6.27. The molecular weight excluding hydrogens is 605 g/mol. The van der Waals surface area contributed by atoms with Gasteiger partial charge in [0.25, 0.3) is 0 Å². The summed E-state index contributed by atoms with van der Waals surface area (Å²) in [4.78, 5) is 4.45. The maximum Gasteiger partial charge on any atom is 0.573 e. The van der Waals surface area contributed by atoms with Gasteiger partial charge >= 0.3 is 6.36 Å². The van der Waals surface area contributed by atoms with Gasteiger partial charge in [-0.2, -0.15) is 0 Å². The highest BCUT2D eigenvalue weighted by Gasteiger charge is 2.32. The van der Waals surface area contributed by atoms with Crippen molar-refractivity contribution in [2.24, 2.45) is 0 Å². The third kappa shape index (κ3) is 9.30. The predicted molar refractivity (Wildman–Crippen MR) is 182 cm³/mol. The van der Waals surface area contributed by atoms with Gasteiger partial charge in [-0.25, -0.2) is 0 Å². The van der Waals surface area contributed by atoms with Gasteiger partial charge in [-0.3, -0.25) is 0 Å². The van der Waals surface area contributed by atoms with Gasteiger partial charge in [-0.05, 0) is 111 Å². The first-order chi connectivity index (χ1) is 22.5. The molecule has 1 saturated heterocycles.